The summed E-state index contributed by atoms with van der Waals surface area (Å²) in [6.45, 7) is 1.73. The molecule has 4 aliphatic rings. The van der Waals surface area contributed by atoms with Crippen LogP contribution in [0.15, 0.2) is 30.3 Å². The molecule has 0 aromatic heterocycles. The van der Waals surface area contributed by atoms with Gasteiger partial charge < -0.3 is 4.90 Å². The van der Waals surface area contributed by atoms with Crippen molar-refractivity contribution in [3.05, 3.63) is 35.9 Å². The Hall–Kier alpha value is -2.17. The number of urea groups is 1. The first-order chi connectivity index (χ1) is 12.4. The van der Waals surface area contributed by atoms with Crippen LogP contribution >= 0.6 is 0 Å². The van der Waals surface area contributed by atoms with Crippen molar-refractivity contribution in [3.8, 4) is 0 Å². The van der Waals surface area contributed by atoms with Crippen LogP contribution < -0.4 is 0 Å². The molecule has 1 aromatic rings. The molecule has 4 fully saturated rings. The van der Waals surface area contributed by atoms with Crippen molar-refractivity contribution in [2.45, 2.75) is 44.6 Å². The first-order valence-electron chi connectivity index (χ1n) is 9.61. The number of fused-ring (bicyclic) bond motifs is 3. The fourth-order valence-electron chi connectivity index (χ4n) is 5.36. The smallest absolute Gasteiger partial charge is 0.313 e. The Morgan fingerprint density at radius 1 is 1.12 bits per heavy atom. The molecule has 26 heavy (non-hydrogen) atoms. The van der Waals surface area contributed by atoms with Gasteiger partial charge in [0.1, 0.15) is 5.54 Å². The standard InChI is InChI=1S/C21H26N2O3/c1-21(17-12-14-8-10-15(17)11-9-14)19(25)23(20(26)22(21)2)13-18(24)16-6-4-3-5-7-16/h3-7,14-15,17H,8-13H2,1-2H3. The van der Waals surface area contributed by atoms with Crippen LogP contribution in [0.1, 0.15) is 49.4 Å². The summed E-state index contributed by atoms with van der Waals surface area (Å²) in [5.41, 5.74) is -0.293. The lowest BCUT2D eigenvalue weighted by atomic mass is 9.59. The van der Waals surface area contributed by atoms with Gasteiger partial charge in [0.25, 0.3) is 5.91 Å². The second kappa shape index (κ2) is 6.22. The van der Waals surface area contributed by atoms with E-state index in [-0.39, 0.29) is 30.2 Å². The van der Waals surface area contributed by atoms with Crippen LogP contribution in [0, 0.1) is 17.8 Å². The monoisotopic (exact) mass is 354 g/mol. The zero-order chi connectivity index (χ0) is 18.5. The Bertz CT molecular complexity index is 739. The normalized spacial score (nSPS) is 33.8. The van der Waals surface area contributed by atoms with Crippen molar-refractivity contribution >= 4 is 17.7 Å². The second-order valence-corrected chi connectivity index (χ2v) is 8.29. The number of carbonyl (C=O) groups excluding carboxylic acids is 3. The fourth-order valence-corrected chi connectivity index (χ4v) is 5.36. The Balaban J connectivity index is 1.58. The van der Waals surface area contributed by atoms with Crippen LogP contribution in [-0.4, -0.2) is 46.7 Å². The Morgan fingerprint density at radius 2 is 1.77 bits per heavy atom. The van der Waals surface area contributed by atoms with Crippen LogP contribution in [0.5, 0.6) is 0 Å². The summed E-state index contributed by atoms with van der Waals surface area (Å²) in [5, 5.41) is 0. The van der Waals surface area contributed by atoms with Crippen molar-refractivity contribution in [1.29, 1.82) is 0 Å². The third-order valence-corrected chi connectivity index (χ3v) is 7.06. The summed E-state index contributed by atoms with van der Waals surface area (Å²) in [6.07, 6.45) is 5.83. The number of rotatable bonds is 4. The fraction of sp³-hybridized carbons (Fsp3) is 0.571. The molecule has 3 saturated carbocycles. The average molecular weight is 354 g/mol. The van der Waals surface area contributed by atoms with E-state index in [4.69, 9.17) is 0 Å². The summed E-state index contributed by atoms with van der Waals surface area (Å²) < 4.78 is 0. The summed E-state index contributed by atoms with van der Waals surface area (Å²) in [7, 11) is 1.72. The lowest BCUT2D eigenvalue weighted by Crippen LogP contribution is -2.56. The van der Waals surface area contributed by atoms with Gasteiger partial charge in [-0.25, -0.2) is 4.79 Å². The molecule has 1 saturated heterocycles. The Labute approximate surface area is 154 Å². The van der Waals surface area contributed by atoms with Gasteiger partial charge in [0.2, 0.25) is 0 Å². The van der Waals surface area contributed by atoms with Crippen molar-refractivity contribution in [1.82, 2.24) is 9.80 Å². The van der Waals surface area contributed by atoms with E-state index in [0.29, 0.717) is 17.4 Å². The molecule has 0 radical (unpaired) electrons. The van der Waals surface area contributed by atoms with Crippen LogP contribution in [0.4, 0.5) is 4.79 Å². The van der Waals surface area contributed by atoms with Crippen LogP contribution in [0.3, 0.4) is 0 Å². The number of hydrogen-bond acceptors (Lipinski definition) is 3. The van der Waals surface area contributed by atoms with Gasteiger partial charge in [0, 0.05) is 12.6 Å². The second-order valence-electron chi connectivity index (χ2n) is 8.29. The molecule has 2 unspecified atom stereocenters. The number of hydrogen-bond donors (Lipinski definition) is 0. The molecule has 3 amide bonds. The minimum absolute atomic E-state index is 0.178. The molecule has 0 N–H and O–H groups in total. The lowest BCUT2D eigenvalue weighted by molar-refractivity contribution is -0.138. The largest absolute Gasteiger partial charge is 0.327 e. The van der Waals surface area contributed by atoms with E-state index >= 15 is 0 Å². The van der Waals surface area contributed by atoms with E-state index in [1.54, 1.807) is 36.2 Å². The molecular weight excluding hydrogens is 328 g/mol. The van der Waals surface area contributed by atoms with Gasteiger partial charge >= 0.3 is 6.03 Å². The van der Waals surface area contributed by atoms with Gasteiger partial charge in [-0.05, 0) is 43.9 Å². The number of likely N-dealkylation sites (N-methyl/N-ethyl adjacent to an activating group) is 1. The SMILES string of the molecule is CN1C(=O)N(CC(=O)c2ccccc2)C(=O)C1(C)C1CC2CCC1CC2. The maximum Gasteiger partial charge on any atom is 0.327 e. The predicted octanol–water partition coefficient (Wildman–Crippen LogP) is 3.35. The number of Topliss-reactive ketones (excluding diaryl/α,β-unsaturated/α-hetero) is 1. The number of imide groups is 1. The molecule has 1 heterocycles. The van der Waals surface area contributed by atoms with Crippen molar-refractivity contribution in [2.75, 3.05) is 13.6 Å². The highest BCUT2D eigenvalue weighted by Gasteiger charge is 2.60. The minimum atomic E-state index is -0.822. The van der Waals surface area contributed by atoms with Crippen molar-refractivity contribution < 1.29 is 14.4 Å². The lowest BCUT2D eigenvalue weighted by Gasteiger charge is -2.49. The quantitative estimate of drug-likeness (QED) is 0.615. The third kappa shape index (κ3) is 2.48. The molecule has 0 spiro atoms. The maximum absolute atomic E-state index is 13.3. The van der Waals surface area contributed by atoms with E-state index in [1.165, 1.54) is 12.8 Å². The van der Waals surface area contributed by atoms with Crippen molar-refractivity contribution in [2.24, 2.45) is 17.8 Å². The Kier molecular flexibility index (Phi) is 4.13. The molecule has 2 bridgehead atoms. The van der Waals surface area contributed by atoms with Gasteiger partial charge in [0.05, 0.1) is 6.54 Å². The highest BCUT2D eigenvalue weighted by Crippen LogP contribution is 2.52. The average Bonchev–Trinajstić information content (AvgIpc) is 2.85. The molecule has 5 rings (SSSR count). The number of ketones is 1. The molecule has 2 atom stereocenters. The highest BCUT2D eigenvalue weighted by molar-refractivity contribution is 6.11. The van der Waals surface area contributed by atoms with Crippen LogP contribution in [0.25, 0.3) is 0 Å². The zero-order valence-electron chi connectivity index (χ0n) is 15.5. The number of amides is 3. The molecule has 1 aliphatic heterocycles. The molecule has 5 nitrogen and oxygen atoms in total. The molecular formula is C21H26N2O3. The number of nitrogens with zero attached hydrogens (tertiary/aromatic N) is 2. The van der Waals surface area contributed by atoms with Crippen LogP contribution in [-0.2, 0) is 4.79 Å². The first kappa shape index (κ1) is 17.3. The maximum atomic E-state index is 13.3. The highest BCUT2D eigenvalue weighted by atomic mass is 16.2. The van der Waals surface area contributed by atoms with Gasteiger partial charge in [-0.2, -0.15) is 0 Å². The summed E-state index contributed by atoms with van der Waals surface area (Å²) in [5.74, 6) is 0.988. The molecule has 3 aliphatic carbocycles. The number of carbonyl (C=O) groups is 3. The van der Waals surface area contributed by atoms with E-state index < -0.39 is 5.54 Å². The van der Waals surface area contributed by atoms with Crippen LogP contribution in [0.2, 0.25) is 0 Å². The Morgan fingerprint density at radius 3 is 2.35 bits per heavy atom. The summed E-state index contributed by atoms with van der Waals surface area (Å²) >= 11 is 0. The third-order valence-electron chi connectivity index (χ3n) is 7.06. The van der Waals surface area contributed by atoms with Crippen molar-refractivity contribution in [3.63, 3.8) is 0 Å². The van der Waals surface area contributed by atoms with Gasteiger partial charge in [0.15, 0.2) is 5.78 Å². The van der Waals surface area contributed by atoms with Gasteiger partial charge in [-0.3, -0.25) is 14.5 Å². The van der Waals surface area contributed by atoms with E-state index in [2.05, 4.69) is 0 Å². The number of benzene rings is 1. The summed E-state index contributed by atoms with van der Waals surface area (Å²) in [4.78, 5) is 41.4. The summed E-state index contributed by atoms with van der Waals surface area (Å²) in [6, 6.07) is 8.51. The van der Waals surface area contributed by atoms with E-state index in [0.717, 1.165) is 24.2 Å². The van der Waals surface area contributed by atoms with E-state index in [1.807, 2.05) is 13.0 Å². The van der Waals surface area contributed by atoms with E-state index in [9.17, 15) is 14.4 Å². The molecule has 5 heteroatoms. The predicted molar refractivity (Wildman–Crippen MR) is 97.6 cm³/mol. The zero-order valence-corrected chi connectivity index (χ0v) is 15.5. The topological polar surface area (TPSA) is 57.7 Å². The van der Waals surface area contributed by atoms with Gasteiger partial charge in [-0.15, -0.1) is 0 Å². The van der Waals surface area contributed by atoms with Gasteiger partial charge in [-0.1, -0.05) is 43.2 Å². The minimum Gasteiger partial charge on any atom is -0.313 e. The molecule has 1 aromatic carbocycles. The molecule has 138 valence electrons. The first-order valence-corrected chi connectivity index (χ1v) is 9.61.